The van der Waals surface area contributed by atoms with Crippen LogP contribution in [0.25, 0.3) is 0 Å². The molecule has 5 aliphatic rings. The summed E-state index contributed by atoms with van der Waals surface area (Å²) in [4.78, 5) is 64.6. The molecule has 2 saturated carbocycles. The zero-order valence-electron chi connectivity index (χ0n) is 26.3. The highest BCUT2D eigenvalue weighted by molar-refractivity contribution is 7.11. The number of thiazole rings is 1. The lowest BCUT2D eigenvalue weighted by Crippen LogP contribution is -2.65. The lowest BCUT2D eigenvalue weighted by atomic mass is 9.70. The van der Waals surface area contributed by atoms with Gasteiger partial charge in [0.25, 0.3) is 5.91 Å². The fourth-order valence-corrected chi connectivity index (χ4v) is 8.20. The molecular weight excluding hydrogens is 582 g/mol. The maximum absolute atomic E-state index is 14.2. The Balaban J connectivity index is 1.18. The van der Waals surface area contributed by atoms with Crippen molar-refractivity contribution in [2.24, 2.45) is 28.6 Å². The number of ether oxygens (including phenoxy) is 2. The number of hydrogen-bond donors (Lipinski definition) is 1. The van der Waals surface area contributed by atoms with Crippen LogP contribution in [0.15, 0.2) is 11.7 Å². The van der Waals surface area contributed by atoms with Crippen molar-refractivity contribution in [1.29, 1.82) is 0 Å². The average Bonchev–Trinajstić information content (AvgIpc) is 3.38. The van der Waals surface area contributed by atoms with Crippen molar-refractivity contribution in [3.05, 3.63) is 16.6 Å². The summed E-state index contributed by atoms with van der Waals surface area (Å²) in [6, 6.07) is -0.849. The smallest absolute Gasteiger partial charge is 0.265 e. The molecule has 6 rings (SSSR count). The van der Waals surface area contributed by atoms with Gasteiger partial charge in [0.2, 0.25) is 17.7 Å². The van der Waals surface area contributed by atoms with Gasteiger partial charge in [-0.05, 0) is 37.5 Å². The fraction of sp³-hybridized carbons (Fsp3) is 0.781. The van der Waals surface area contributed by atoms with Gasteiger partial charge in [-0.15, -0.1) is 11.3 Å². The minimum Gasteiger partial charge on any atom is -0.378 e. The summed E-state index contributed by atoms with van der Waals surface area (Å²) in [7, 11) is 0. The summed E-state index contributed by atoms with van der Waals surface area (Å²) < 4.78 is 11.8. The number of hydrogen-bond acceptors (Lipinski definition) is 8. The third-order valence-corrected chi connectivity index (χ3v) is 11.5. The van der Waals surface area contributed by atoms with Crippen LogP contribution in [0.2, 0.25) is 0 Å². The molecule has 1 aromatic rings. The Bertz CT molecular complexity index is 1220. The molecule has 4 atom stereocenters. The summed E-state index contributed by atoms with van der Waals surface area (Å²) in [5.74, 6) is -0.507. The van der Waals surface area contributed by atoms with Gasteiger partial charge < -0.3 is 29.5 Å². The van der Waals surface area contributed by atoms with Crippen LogP contribution in [0, 0.1) is 28.6 Å². The number of aromatic nitrogens is 1. The van der Waals surface area contributed by atoms with Crippen molar-refractivity contribution in [3.8, 4) is 0 Å². The molecule has 1 N–H and O–H groups in total. The number of nitrogens with one attached hydrogen (secondary N) is 1. The molecule has 12 heteroatoms. The van der Waals surface area contributed by atoms with Crippen LogP contribution in [0.4, 0.5) is 0 Å². The summed E-state index contributed by atoms with van der Waals surface area (Å²) in [6.07, 6.45) is 7.83. The molecule has 4 amide bonds. The Morgan fingerprint density at radius 1 is 1.05 bits per heavy atom. The van der Waals surface area contributed by atoms with E-state index in [1.54, 1.807) is 21.5 Å². The van der Waals surface area contributed by atoms with E-state index in [0.29, 0.717) is 63.3 Å². The molecular formula is C32H47N5O6S. The molecule has 0 bridgehead atoms. The molecule has 1 unspecified atom stereocenters. The van der Waals surface area contributed by atoms with Crippen molar-refractivity contribution < 1.29 is 28.7 Å². The number of amides is 4. The van der Waals surface area contributed by atoms with Gasteiger partial charge in [0.15, 0.2) is 0 Å². The molecule has 1 aromatic heterocycles. The first-order valence-electron chi connectivity index (χ1n) is 16.3. The fourth-order valence-electron chi connectivity index (χ4n) is 7.61. The summed E-state index contributed by atoms with van der Waals surface area (Å²) in [5.41, 5.74) is 1.08. The molecule has 2 aliphatic carbocycles. The molecule has 4 heterocycles. The van der Waals surface area contributed by atoms with Crippen molar-refractivity contribution in [2.45, 2.75) is 71.4 Å². The largest absolute Gasteiger partial charge is 0.378 e. The number of likely N-dealkylation sites (tertiary alicyclic amines) is 2. The molecule has 242 valence electrons. The van der Waals surface area contributed by atoms with Crippen LogP contribution in [0.3, 0.4) is 0 Å². The Morgan fingerprint density at radius 2 is 1.73 bits per heavy atom. The second-order valence-electron chi connectivity index (χ2n) is 14.4. The van der Waals surface area contributed by atoms with Gasteiger partial charge in [-0.25, -0.2) is 0 Å². The molecule has 11 nitrogen and oxygen atoms in total. The van der Waals surface area contributed by atoms with E-state index in [1.165, 1.54) is 30.6 Å². The summed E-state index contributed by atoms with van der Waals surface area (Å²) in [6.45, 7) is 10.0. The first-order valence-corrected chi connectivity index (χ1v) is 17.2. The number of rotatable bonds is 9. The monoisotopic (exact) mass is 629 g/mol. The van der Waals surface area contributed by atoms with E-state index in [9.17, 15) is 19.2 Å². The highest BCUT2D eigenvalue weighted by Crippen LogP contribution is 2.54. The van der Waals surface area contributed by atoms with Gasteiger partial charge in [0, 0.05) is 57.2 Å². The van der Waals surface area contributed by atoms with Gasteiger partial charge in [-0.2, -0.15) is 0 Å². The molecule has 5 fully saturated rings. The third-order valence-electron chi connectivity index (χ3n) is 10.7. The van der Waals surface area contributed by atoms with E-state index in [-0.39, 0.29) is 41.5 Å². The Kier molecular flexibility index (Phi) is 9.05. The minimum atomic E-state index is -0.849. The van der Waals surface area contributed by atoms with Crippen molar-refractivity contribution in [2.75, 3.05) is 59.1 Å². The van der Waals surface area contributed by atoms with Gasteiger partial charge >= 0.3 is 0 Å². The Hall–Kier alpha value is -2.57. The normalized spacial score (nSPS) is 27.5. The Morgan fingerprint density at radius 3 is 2.36 bits per heavy atom. The second kappa shape index (κ2) is 12.7. The maximum atomic E-state index is 14.2. The topological polar surface area (TPSA) is 121 Å². The molecule has 1 spiro atoms. The molecule has 44 heavy (non-hydrogen) atoms. The first kappa shape index (κ1) is 31.4. The van der Waals surface area contributed by atoms with E-state index >= 15 is 0 Å². The molecule has 0 aromatic carbocycles. The van der Waals surface area contributed by atoms with E-state index in [1.807, 2.05) is 11.8 Å². The highest BCUT2D eigenvalue weighted by Gasteiger charge is 2.62. The highest BCUT2D eigenvalue weighted by atomic mass is 32.1. The minimum absolute atomic E-state index is 0.0149. The van der Waals surface area contributed by atoms with E-state index < -0.39 is 23.5 Å². The Labute approximate surface area is 264 Å². The van der Waals surface area contributed by atoms with Crippen LogP contribution >= 0.6 is 11.3 Å². The predicted octanol–water partition coefficient (Wildman–Crippen LogP) is 2.42. The third kappa shape index (κ3) is 6.39. The first-order chi connectivity index (χ1) is 21.1. The lowest BCUT2D eigenvalue weighted by molar-refractivity contribution is -0.153. The van der Waals surface area contributed by atoms with Gasteiger partial charge in [-0.1, -0.05) is 33.1 Å². The van der Waals surface area contributed by atoms with Crippen molar-refractivity contribution >= 4 is 35.0 Å². The number of carbonyl (C=O) groups is 4. The number of carbonyl (C=O) groups excluding carboxylic acids is 4. The van der Waals surface area contributed by atoms with E-state index in [2.05, 4.69) is 24.1 Å². The zero-order valence-corrected chi connectivity index (χ0v) is 27.1. The average molecular weight is 630 g/mol. The van der Waals surface area contributed by atoms with Crippen LogP contribution in [-0.2, 0) is 23.9 Å². The maximum Gasteiger partial charge on any atom is 0.265 e. The van der Waals surface area contributed by atoms with Gasteiger partial charge in [-0.3, -0.25) is 24.2 Å². The molecule has 0 radical (unpaired) electrons. The second-order valence-corrected chi connectivity index (χ2v) is 15.3. The van der Waals surface area contributed by atoms with Crippen LogP contribution in [0.1, 0.15) is 69.0 Å². The molecule has 3 saturated heterocycles. The predicted molar refractivity (Wildman–Crippen MR) is 164 cm³/mol. The van der Waals surface area contributed by atoms with E-state index in [4.69, 9.17) is 9.47 Å². The number of nitrogens with zero attached hydrogens (tertiary/aromatic N) is 4. The van der Waals surface area contributed by atoms with Crippen LogP contribution in [0.5, 0.6) is 0 Å². The summed E-state index contributed by atoms with van der Waals surface area (Å²) >= 11 is 1.28. The van der Waals surface area contributed by atoms with Gasteiger partial charge in [0.05, 0.1) is 36.9 Å². The SMILES string of the molecule is C[C@@H](OCC1CCCCC1)[C@H](NC(=O)C1CN(C(=O)c2cncs2)CC12CN(C(=O)[C@H]1CC1(C)C)C2)C(=O)N1CCOCC1. The quantitative estimate of drug-likeness (QED) is 0.446. The zero-order chi connectivity index (χ0) is 31.1. The lowest BCUT2D eigenvalue weighted by Gasteiger charge is -2.50. The van der Waals surface area contributed by atoms with Crippen molar-refractivity contribution in [1.82, 2.24) is 25.0 Å². The van der Waals surface area contributed by atoms with Gasteiger partial charge in [0.1, 0.15) is 10.9 Å². The van der Waals surface area contributed by atoms with Crippen molar-refractivity contribution in [3.63, 3.8) is 0 Å². The molecule has 3 aliphatic heterocycles. The number of morpholine rings is 1. The van der Waals surface area contributed by atoms with E-state index in [0.717, 1.165) is 19.3 Å². The van der Waals surface area contributed by atoms with Crippen LogP contribution in [-0.4, -0.2) is 115 Å². The standard InChI is InChI=1S/C32H47N5O6S/c1-21(43-16-22-7-5-4-6-8-22)26(30(41)35-9-11-42-12-10-35)34-27(38)24-15-36(29(40)25-14-33-20-44-25)17-32(24)18-37(19-32)28(39)23-13-31(23,2)3/h14,20-24,26H,4-13,15-19H2,1-3H3,(H,34,38)/t21-,23-,24?,26+/m1/s1. The summed E-state index contributed by atoms with van der Waals surface area (Å²) in [5, 5.41) is 3.11. The van der Waals surface area contributed by atoms with Crippen LogP contribution < -0.4 is 5.32 Å².